The van der Waals surface area contributed by atoms with Gasteiger partial charge in [-0.3, -0.25) is 4.79 Å². The lowest BCUT2D eigenvalue weighted by Crippen LogP contribution is -2.19. The molecule has 1 aliphatic rings. The predicted octanol–water partition coefficient (Wildman–Crippen LogP) is 0.674. The van der Waals surface area contributed by atoms with Crippen LogP contribution in [0, 0.1) is 5.92 Å². The van der Waals surface area contributed by atoms with Crippen LogP contribution in [0.5, 0.6) is 0 Å². The van der Waals surface area contributed by atoms with Crippen LogP contribution in [-0.2, 0) is 4.79 Å². The number of rotatable bonds is 2. The molecule has 4 heteroatoms. The molecular formula is C8H12O4. The van der Waals surface area contributed by atoms with E-state index in [-0.39, 0.29) is 12.2 Å². The maximum Gasteiger partial charge on any atom is 0.201 e. The van der Waals surface area contributed by atoms with Gasteiger partial charge < -0.3 is 15.3 Å². The smallest absolute Gasteiger partial charge is 0.201 e. The summed E-state index contributed by atoms with van der Waals surface area (Å²) >= 11 is 0. The van der Waals surface area contributed by atoms with Gasteiger partial charge in [0.05, 0.1) is 12.0 Å². The minimum atomic E-state index is -0.751. The second-order valence-electron chi connectivity index (χ2n) is 2.94. The molecule has 0 amide bonds. The van der Waals surface area contributed by atoms with Crippen LogP contribution >= 0.6 is 0 Å². The molecule has 1 aliphatic carbocycles. The van der Waals surface area contributed by atoms with Crippen LogP contribution in [0.25, 0.3) is 0 Å². The monoisotopic (exact) mass is 172 g/mol. The molecule has 0 aromatic carbocycles. The lowest BCUT2D eigenvalue weighted by atomic mass is 9.98. The van der Waals surface area contributed by atoms with Crippen molar-refractivity contribution in [1.29, 1.82) is 0 Å². The van der Waals surface area contributed by atoms with E-state index in [0.29, 0.717) is 6.42 Å². The van der Waals surface area contributed by atoms with Gasteiger partial charge >= 0.3 is 0 Å². The van der Waals surface area contributed by atoms with Gasteiger partial charge in [-0.1, -0.05) is 6.92 Å². The first kappa shape index (κ1) is 9.06. The van der Waals surface area contributed by atoms with Gasteiger partial charge in [0.1, 0.15) is 5.76 Å². The zero-order chi connectivity index (χ0) is 9.30. The van der Waals surface area contributed by atoms with E-state index in [1.54, 1.807) is 6.92 Å². The van der Waals surface area contributed by atoms with Crippen LogP contribution < -0.4 is 0 Å². The summed E-state index contributed by atoms with van der Waals surface area (Å²) in [5.74, 6) is -2.06. The maximum atomic E-state index is 10.8. The minimum absolute atomic E-state index is 0.00662. The number of carbonyl (C=O) groups excluding carboxylic acids is 1. The van der Waals surface area contributed by atoms with Crippen molar-refractivity contribution in [3.63, 3.8) is 0 Å². The Balaban J connectivity index is 2.80. The zero-order valence-corrected chi connectivity index (χ0v) is 6.82. The average molecular weight is 172 g/mol. The number of Topliss-reactive ketones (excluding diaryl/α,β-unsaturated/α-hetero) is 1. The van der Waals surface area contributed by atoms with Crippen molar-refractivity contribution in [3.05, 3.63) is 11.5 Å². The second-order valence-corrected chi connectivity index (χ2v) is 2.94. The first-order valence-electron chi connectivity index (χ1n) is 3.91. The number of hydrogen-bond acceptors (Lipinski definition) is 4. The SMILES string of the molecule is CCC(O)C1CC(=O)C(O)=C1O. The Hall–Kier alpha value is -1.03. The van der Waals surface area contributed by atoms with E-state index >= 15 is 0 Å². The molecule has 3 N–H and O–H groups in total. The number of aliphatic hydroxyl groups is 3. The normalized spacial score (nSPS) is 26.5. The van der Waals surface area contributed by atoms with Crippen LogP contribution in [0.3, 0.4) is 0 Å². The third-order valence-corrected chi connectivity index (χ3v) is 2.15. The van der Waals surface area contributed by atoms with E-state index in [9.17, 15) is 15.0 Å². The Kier molecular flexibility index (Phi) is 2.38. The maximum absolute atomic E-state index is 10.8. The number of allylic oxidation sites excluding steroid dienone is 1. The van der Waals surface area contributed by atoms with Gasteiger partial charge in [0, 0.05) is 6.42 Å². The quantitative estimate of drug-likeness (QED) is 0.572. The molecule has 0 saturated heterocycles. The van der Waals surface area contributed by atoms with Gasteiger partial charge in [0.25, 0.3) is 0 Å². The molecule has 2 unspecified atom stereocenters. The topological polar surface area (TPSA) is 77.8 Å². The first-order chi connectivity index (χ1) is 5.57. The molecule has 0 aromatic rings. The van der Waals surface area contributed by atoms with Gasteiger partial charge in [-0.25, -0.2) is 0 Å². The summed E-state index contributed by atoms with van der Waals surface area (Å²) in [6.07, 6.45) is -0.291. The van der Waals surface area contributed by atoms with Crippen LogP contribution in [0.4, 0.5) is 0 Å². The van der Waals surface area contributed by atoms with Crippen LogP contribution in [-0.4, -0.2) is 27.2 Å². The molecular weight excluding hydrogens is 160 g/mol. The summed E-state index contributed by atoms with van der Waals surface area (Å²) in [5, 5.41) is 27.4. The summed E-state index contributed by atoms with van der Waals surface area (Å²) in [7, 11) is 0. The summed E-state index contributed by atoms with van der Waals surface area (Å²) in [6.45, 7) is 1.75. The van der Waals surface area contributed by atoms with Gasteiger partial charge in [-0.15, -0.1) is 0 Å². The summed E-state index contributed by atoms with van der Waals surface area (Å²) in [6, 6.07) is 0. The summed E-state index contributed by atoms with van der Waals surface area (Å²) in [4.78, 5) is 10.8. The fourth-order valence-electron chi connectivity index (χ4n) is 1.31. The first-order valence-corrected chi connectivity index (χ1v) is 3.91. The van der Waals surface area contributed by atoms with Crippen molar-refractivity contribution in [2.75, 3.05) is 0 Å². The van der Waals surface area contributed by atoms with E-state index in [1.807, 2.05) is 0 Å². The highest BCUT2D eigenvalue weighted by Gasteiger charge is 2.36. The third kappa shape index (κ3) is 1.30. The molecule has 4 nitrogen and oxygen atoms in total. The lowest BCUT2D eigenvalue weighted by Gasteiger charge is -2.14. The third-order valence-electron chi connectivity index (χ3n) is 2.15. The number of aliphatic hydroxyl groups excluding tert-OH is 3. The zero-order valence-electron chi connectivity index (χ0n) is 6.82. The standard InChI is InChI=1S/C8H12O4/c1-2-5(9)4-3-6(10)8(12)7(4)11/h4-5,9,11-12H,2-3H2,1H3. The van der Waals surface area contributed by atoms with E-state index in [4.69, 9.17) is 5.11 Å². The van der Waals surface area contributed by atoms with E-state index in [2.05, 4.69) is 0 Å². The predicted molar refractivity (Wildman–Crippen MR) is 41.7 cm³/mol. The molecule has 68 valence electrons. The Morgan fingerprint density at radius 2 is 2.17 bits per heavy atom. The summed E-state index contributed by atoms with van der Waals surface area (Å²) < 4.78 is 0. The lowest BCUT2D eigenvalue weighted by molar-refractivity contribution is -0.118. The van der Waals surface area contributed by atoms with E-state index < -0.39 is 23.6 Å². The molecule has 2 atom stereocenters. The number of carbonyl (C=O) groups is 1. The Morgan fingerprint density at radius 1 is 1.58 bits per heavy atom. The van der Waals surface area contributed by atoms with Crippen LogP contribution in [0.15, 0.2) is 11.5 Å². The van der Waals surface area contributed by atoms with Crippen molar-refractivity contribution in [3.8, 4) is 0 Å². The highest BCUT2D eigenvalue weighted by Crippen LogP contribution is 2.29. The minimum Gasteiger partial charge on any atom is -0.508 e. The Morgan fingerprint density at radius 3 is 2.50 bits per heavy atom. The highest BCUT2D eigenvalue weighted by atomic mass is 16.3. The molecule has 0 fully saturated rings. The van der Waals surface area contributed by atoms with Gasteiger partial charge in [0.15, 0.2) is 5.76 Å². The van der Waals surface area contributed by atoms with Gasteiger partial charge in [0.2, 0.25) is 5.78 Å². The van der Waals surface area contributed by atoms with E-state index in [0.717, 1.165) is 0 Å². The summed E-state index contributed by atoms with van der Waals surface area (Å²) in [5.41, 5.74) is 0. The van der Waals surface area contributed by atoms with Gasteiger partial charge in [-0.2, -0.15) is 0 Å². The highest BCUT2D eigenvalue weighted by molar-refractivity contribution is 5.96. The largest absolute Gasteiger partial charge is 0.508 e. The Labute approximate surface area is 70.1 Å². The molecule has 12 heavy (non-hydrogen) atoms. The molecule has 0 aliphatic heterocycles. The molecule has 0 heterocycles. The van der Waals surface area contributed by atoms with Crippen LogP contribution in [0.2, 0.25) is 0 Å². The second kappa shape index (κ2) is 3.15. The molecule has 0 radical (unpaired) electrons. The van der Waals surface area contributed by atoms with Crippen molar-refractivity contribution < 1.29 is 20.1 Å². The van der Waals surface area contributed by atoms with Gasteiger partial charge in [-0.05, 0) is 6.42 Å². The number of ketones is 1. The van der Waals surface area contributed by atoms with Crippen molar-refractivity contribution in [2.45, 2.75) is 25.9 Å². The van der Waals surface area contributed by atoms with E-state index in [1.165, 1.54) is 0 Å². The Bertz CT molecular complexity index is 231. The number of hydrogen-bond donors (Lipinski definition) is 3. The molecule has 0 saturated carbocycles. The fraction of sp³-hybridized carbons (Fsp3) is 0.625. The van der Waals surface area contributed by atoms with Crippen molar-refractivity contribution >= 4 is 5.78 Å². The molecule has 0 aromatic heterocycles. The molecule has 0 spiro atoms. The van der Waals surface area contributed by atoms with Crippen LogP contribution in [0.1, 0.15) is 19.8 Å². The molecule has 0 bridgehead atoms. The molecule has 1 rings (SSSR count). The fourth-order valence-corrected chi connectivity index (χ4v) is 1.31. The van der Waals surface area contributed by atoms with Crippen molar-refractivity contribution in [1.82, 2.24) is 0 Å². The van der Waals surface area contributed by atoms with Crippen molar-refractivity contribution in [2.24, 2.45) is 5.92 Å². The average Bonchev–Trinajstić information content (AvgIpc) is 2.32.